The molecule has 4 nitrogen and oxygen atoms in total. The number of aromatic amines is 1. The number of aromatic nitrogens is 1. The van der Waals surface area contributed by atoms with Gasteiger partial charge in [0.1, 0.15) is 0 Å². The van der Waals surface area contributed by atoms with Crippen molar-refractivity contribution in [1.29, 1.82) is 0 Å². The normalized spacial score (nSPS) is 17.3. The average molecular weight is 374 g/mol. The van der Waals surface area contributed by atoms with E-state index in [2.05, 4.69) is 51.2 Å². The first-order valence-electron chi connectivity index (χ1n) is 10.0. The summed E-state index contributed by atoms with van der Waals surface area (Å²) in [4.78, 5) is 21.0. The molecule has 1 aliphatic heterocycles. The Hall–Kier alpha value is -2.69. The van der Waals surface area contributed by atoms with Crippen molar-refractivity contribution in [3.05, 3.63) is 78.0 Å². The number of carbonyl (C=O) groups is 1. The van der Waals surface area contributed by atoms with E-state index >= 15 is 0 Å². The number of hydrogen-bond donors (Lipinski definition) is 1. The Morgan fingerprint density at radius 1 is 1.04 bits per heavy atom. The van der Waals surface area contributed by atoms with E-state index in [0.29, 0.717) is 0 Å². The molecule has 4 rings (SSSR count). The van der Waals surface area contributed by atoms with Crippen LogP contribution in [-0.4, -0.2) is 59.3 Å². The Morgan fingerprint density at radius 3 is 2.54 bits per heavy atom. The van der Waals surface area contributed by atoms with Gasteiger partial charge in [-0.25, -0.2) is 0 Å². The van der Waals surface area contributed by atoms with Crippen molar-refractivity contribution in [2.24, 2.45) is 0 Å². The molecule has 1 atom stereocenters. The van der Waals surface area contributed by atoms with Gasteiger partial charge in [0.05, 0.1) is 6.04 Å². The number of fused-ring (bicyclic) bond motifs is 1. The Labute approximate surface area is 166 Å². The number of benzene rings is 2. The highest BCUT2D eigenvalue weighted by atomic mass is 16.1. The van der Waals surface area contributed by atoms with Crippen molar-refractivity contribution in [2.45, 2.75) is 13.0 Å². The molecule has 3 aromatic rings. The van der Waals surface area contributed by atoms with Crippen LogP contribution in [0.4, 0.5) is 0 Å². The zero-order valence-corrected chi connectivity index (χ0v) is 16.3. The number of Topliss-reactive ketones (excluding diaryl/α,β-unsaturated/α-hetero) is 1. The first-order chi connectivity index (χ1) is 13.7. The average Bonchev–Trinajstić information content (AvgIpc) is 3.18. The third kappa shape index (κ3) is 4.08. The van der Waals surface area contributed by atoms with Gasteiger partial charge in [-0.2, -0.15) is 0 Å². The Morgan fingerprint density at radius 2 is 1.75 bits per heavy atom. The number of H-pyrrole nitrogens is 1. The lowest BCUT2D eigenvalue weighted by Crippen LogP contribution is -2.51. The predicted molar refractivity (Wildman–Crippen MR) is 116 cm³/mol. The monoisotopic (exact) mass is 373 g/mol. The zero-order chi connectivity index (χ0) is 19.3. The zero-order valence-electron chi connectivity index (χ0n) is 16.3. The third-order valence-corrected chi connectivity index (χ3v) is 5.66. The van der Waals surface area contributed by atoms with Gasteiger partial charge in [-0.1, -0.05) is 60.7 Å². The number of hydrogen-bond acceptors (Lipinski definition) is 3. The summed E-state index contributed by atoms with van der Waals surface area (Å²) < 4.78 is 0. The fourth-order valence-electron chi connectivity index (χ4n) is 3.90. The van der Waals surface area contributed by atoms with Crippen LogP contribution in [0.25, 0.3) is 17.0 Å². The van der Waals surface area contributed by atoms with Crippen molar-refractivity contribution < 1.29 is 4.79 Å². The van der Waals surface area contributed by atoms with Crippen molar-refractivity contribution in [2.75, 3.05) is 32.7 Å². The molecule has 1 unspecified atom stereocenters. The van der Waals surface area contributed by atoms with Gasteiger partial charge in [0, 0.05) is 55.4 Å². The van der Waals surface area contributed by atoms with Crippen LogP contribution in [0.15, 0.2) is 66.9 Å². The van der Waals surface area contributed by atoms with E-state index in [0.717, 1.165) is 49.2 Å². The molecular formula is C24H27N3O. The molecule has 1 fully saturated rings. The summed E-state index contributed by atoms with van der Waals surface area (Å²) >= 11 is 0. The lowest BCUT2D eigenvalue weighted by molar-refractivity contribution is 0.0721. The van der Waals surface area contributed by atoms with Crippen LogP contribution in [0.5, 0.6) is 0 Å². The number of piperazine rings is 1. The quantitative estimate of drug-likeness (QED) is 0.662. The molecule has 1 aromatic heterocycles. The van der Waals surface area contributed by atoms with Crippen molar-refractivity contribution in [3.8, 4) is 0 Å². The topological polar surface area (TPSA) is 39.3 Å². The summed E-state index contributed by atoms with van der Waals surface area (Å²) in [6.07, 6.45) is 6.26. The molecule has 1 saturated heterocycles. The maximum absolute atomic E-state index is 13.0. The second kappa shape index (κ2) is 8.55. The fraction of sp³-hybridized carbons (Fsp3) is 0.292. The Balaban J connectivity index is 1.32. The first-order valence-corrected chi connectivity index (χ1v) is 10.0. The van der Waals surface area contributed by atoms with Crippen LogP contribution >= 0.6 is 0 Å². The van der Waals surface area contributed by atoms with E-state index in [9.17, 15) is 4.79 Å². The van der Waals surface area contributed by atoms with Crippen molar-refractivity contribution >= 4 is 22.8 Å². The van der Waals surface area contributed by atoms with Gasteiger partial charge in [-0.05, 0) is 18.6 Å². The number of carbonyl (C=O) groups excluding carboxylic acids is 1. The summed E-state index contributed by atoms with van der Waals surface area (Å²) in [6.45, 7) is 6.82. The van der Waals surface area contributed by atoms with Crippen LogP contribution < -0.4 is 0 Å². The van der Waals surface area contributed by atoms with E-state index in [1.807, 2.05) is 43.5 Å². The van der Waals surface area contributed by atoms with E-state index in [1.165, 1.54) is 5.56 Å². The summed E-state index contributed by atoms with van der Waals surface area (Å²) in [5.41, 5.74) is 3.06. The minimum Gasteiger partial charge on any atom is -0.360 e. The maximum atomic E-state index is 13.0. The molecule has 28 heavy (non-hydrogen) atoms. The number of rotatable bonds is 6. The molecule has 2 heterocycles. The molecule has 0 radical (unpaired) electrons. The smallest absolute Gasteiger partial charge is 0.181 e. The van der Waals surface area contributed by atoms with Crippen LogP contribution in [0.3, 0.4) is 0 Å². The SMILES string of the molecule is CC(C(=O)c1c[nH]c2ccccc12)N1CCN(CC=Cc2ccccc2)CC1. The van der Waals surface area contributed by atoms with Crippen LogP contribution in [0.2, 0.25) is 0 Å². The molecule has 144 valence electrons. The van der Waals surface area contributed by atoms with Crippen LogP contribution in [-0.2, 0) is 0 Å². The van der Waals surface area contributed by atoms with Gasteiger partial charge in [0.25, 0.3) is 0 Å². The largest absolute Gasteiger partial charge is 0.360 e. The van der Waals surface area contributed by atoms with E-state index < -0.39 is 0 Å². The van der Waals surface area contributed by atoms with Gasteiger partial charge in [-0.3, -0.25) is 14.6 Å². The van der Waals surface area contributed by atoms with Gasteiger partial charge in [-0.15, -0.1) is 0 Å². The molecule has 2 aromatic carbocycles. The lowest BCUT2D eigenvalue weighted by Gasteiger charge is -2.37. The molecule has 0 amide bonds. The molecule has 0 spiro atoms. The highest BCUT2D eigenvalue weighted by Gasteiger charge is 2.27. The molecule has 0 bridgehead atoms. The third-order valence-electron chi connectivity index (χ3n) is 5.66. The Kier molecular flexibility index (Phi) is 5.70. The minimum absolute atomic E-state index is 0.0961. The number of ketones is 1. The lowest BCUT2D eigenvalue weighted by atomic mass is 10.0. The van der Waals surface area contributed by atoms with Gasteiger partial charge < -0.3 is 4.98 Å². The van der Waals surface area contributed by atoms with Crippen molar-refractivity contribution in [3.63, 3.8) is 0 Å². The number of nitrogens with one attached hydrogen (secondary N) is 1. The molecular weight excluding hydrogens is 346 g/mol. The van der Waals surface area contributed by atoms with Gasteiger partial charge in [0.2, 0.25) is 0 Å². The van der Waals surface area contributed by atoms with E-state index in [1.54, 1.807) is 0 Å². The first kappa shape index (κ1) is 18.7. The molecule has 4 heteroatoms. The Bertz CT molecular complexity index is 952. The minimum atomic E-state index is -0.0961. The summed E-state index contributed by atoms with van der Waals surface area (Å²) in [7, 11) is 0. The van der Waals surface area contributed by atoms with Crippen LogP contribution in [0, 0.1) is 0 Å². The highest BCUT2D eigenvalue weighted by molar-refractivity contribution is 6.10. The summed E-state index contributed by atoms with van der Waals surface area (Å²) in [5.74, 6) is 0.204. The van der Waals surface area contributed by atoms with Gasteiger partial charge in [0.15, 0.2) is 5.78 Å². The number of nitrogens with zero attached hydrogens (tertiary/aromatic N) is 2. The molecule has 0 aliphatic carbocycles. The van der Waals surface area contributed by atoms with E-state index in [4.69, 9.17) is 0 Å². The van der Waals surface area contributed by atoms with E-state index in [-0.39, 0.29) is 11.8 Å². The standard InChI is InChI=1S/C24H27N3O/c1-19(24(28)22-18-25-23-12-6-5-11-21(22)23)27-16-14-26(15-17-27)13-7-10-20-8-3-2-4-9-20/h2-12,18-19,25H,13-17H2,1H3. The van der Waals surface area contributed by atoms with Gasteiger partial charge >= 0.3 is 0 Å². The second-order valence-electron chi connectivity index (χ2n) is 7.44. The predicted octanol–water partition coefficient (Wildman–Crippen LogP) is 4.07. The maximum Gasteiger partial charge on any atom is 0.181 e. The molecule has 0 saturated carbocycles. The second-order valence-corrected chi connectivity index (χ2v) is 7.44. The fourth-order valence-corrected chi connectivity index (χ4v) is 3.90. The summed E-state index contributed by atoms with van der Waals surface area (Å²) in [6, 6.07) is 18.3. The molecule has 1 N–H and O–H groups in total. The molecule has 1 aliphatic rings. The highest BCUT2D eigenvalue weighted by Crippen LogP contribution is 2.21. The summed E-state index contributed by atoms with van der Waals surface area (Å²) in [5, 5.41) is 1.02. The number of para-hydroxylation sites is 1. The van der Waals surface area contributed by atoms with Crippen molar-refractivity contribution in [1.82, 2.24) is 14.8 Å². The van der Waals surface area contributed by atoms with Crippen LogP contribution in [0.1, 0.15) is 22.8 Å².